The minimum Gasteiger partial charge on any atom is -0.465 e. The van der Waals surface area contributed by atoms with Crippen molar-refractivity contribution in [3.8, 4) is 0 Å². The molecule has 3 aliphatic rings. The number of ketones is 1. The fourth-order valence-corrected chi connectivity index (χ4v) is 5.13. The molecule has 38 heavy (non-hydrogen) atoms. The van der Waals surface area contributed by atoms with Crippen LogP contribution in [0.2, 0.25) is 0 Å². The number of rotatable bonds is 11. The van der Waals surface area contributed by atoms with E-state index < -0.39 is 71.9 Å². The van der Waals surface area contributed by atoms with Gasteiger partial charge in [0, 0.05) is 19.0 Å². The number of alkyl halides is 2. The molecule has 2 aliphatic carbocycles. The Morgan fingerprint density at radius 3 is 2.08 bits per heavy atom. The normalized spacial score (nSPS) is 23.7. The van der Waals surface area contributed by atoms with E-state index in [1.807, 2.05) is 0 Å². The van der Waals surface area contributed by atoms with Crippen molar-refractivity contribution in [3.05, 3.63) is 0 Å². The number of likely N-dealkylation sites (tertiary alicyclic amines) is 1. The summed E-state index contributed by atoms with van der Waals surface area (Å²) in [7, 11) is 0. The third-order valence-electron chi connectivity index (χ3n) is 7.76. The minimum atomic E-state index is -3.11. The Labute approximate surface area is 221 Å². The summed E-state index contributed by atoms with van der Waals surface area (Å²) in [6, 6.07) is -3.74. The topological polar surface area (TPSA) is 145 Å². The highest BCUT2D eigenvalue weighted by Gasteiger charge is 2.48. The third kappa shape index (κ3) is 7.86. The molecule has 0 aromatic heterocycles. The maximum atomic E-state index is 13.6. The number of Topliss-reactive ketones (excluding diaryl/α,β-unsaturated/α-hetero) is 1. The lowest BCUT2D eigenvalue weighted by Crippen LogP contribution is -2.59. The standard InChI is InChI=1S/C26H40F2N4O6/c1-25(2,3)20(31-24(37)38)23(36)32-13-15(14-6-5-7-14)12-18(32)21(34)30-17(10-11-26(4,27)28)19(33)22(35)29-16-8-9-16/h14-18,20,31H,5-13H2,1-4H3,(H,29,35)(H,30,34)(H,37,38)/t15?,17?,18-,20?/m0/s1. The van der Waals surface area contributed by atoms with Crippen molar-refractivity contribution >= 4 is 29.6 Å². The molecule has 10 nitrogen and oxygen atoms in total. The van der Waals surface area contributed by atoms with E-state index in [1.54, 1.807) is 20.8 Å². The summed E-state index contributed by atoms with van der Waals surface area (Å²) < 4.78 is 27.3. The number of amides is 4. The predicted molar refractivity (Wildman–Crippen MR) is 133 cm³/mol. The number of hydrogen-bond acceptors (Lipinski definition) is 5. The lowest BCUT2D eigenvalue weighted by Gasteiger charge is -2.35. The zero-order chi connectivity index (χ0) is 28.4. The van der Waals surface area contributed by atoms with Crippen LogP contribution < -0.4 is 16.0 Å². The molecule has 0 aromatic carbocycles. The average molecular weight is 543 g/mol. The highest BCUT2D eigenvalue weighted by atomic mass is 19.3. The van der Waals surface area contributed by atoms with Gasteiger partial charge < -0.3 is 26.0 Å². The van der Waals surface area contributed by atoms with Crippen molar-refractivity contribution < 1.29 is 37.9 Å². The van der Waals surface area contributed by atoms with Gasteiger partial charge in [0.15, 0.2) is 0 Å². The summed E-state index contributed by atoms with van der Waals surface area (Å²) in [5.74, 6) is -5.96. The van der Waals surface area contributed by atoms with Crippen molar-refractivity contribution in [2.24, 2.45) is 17.3 Å². The molecule has 0 radical (unpaired) electrons. The van der Waals surface area contributed by atoms with Crippen LogP contribution in [-0.4, -0.2) is 76.2 Å². The van der Waals surface area contributed by atoms with E-state index in [1.165, 1.54) is 4.90 Å². The van der Waals surface area contributed by atoms with Gasteiger partial charge in [0.2, 0.25) is 23.5 Å². The zero-order valence-corrected chi connectivity index (χ0v) is 22.5. The quantitative estimate of drug-likeness (QED) is 0.295. The van der Waals surface area contributed by atoms with Crippen LogP contribution in [0.4, 0.5) is 13.6 Å². The molecule has 3 fully saturated rings. The van der Waals surface area contributed by atoms with Crippen LogP contribution in [-0.2, 0) is 19.2 Å². The van der Waals surface area contributed by atoms with Crippen LogP contribution in [0.3, 0.4) is 0 Å². The van der Waals surface area contributed by atoms with Gasteiger partial charge in [0.05, 0.1) is 6.04 Å². The van der Waals surface area contributed by atoms with Gasteiger partial charge in [0.1, 0.15) is 12.1 Å². The van der Waals surface area contributed by atoms with Crippen molar-refractivity contribution in [3.63, 3.8) is 0 Å². The van der Waals surface area contributed by atoms with E-state index in [0.29, 0.717) is 19.3 Å². The van der Waals surface area contributed by atoms with Crippen LogP contribution in [0.15, 0.2) is 0 Å². The van der Waals surface area contributed by atoms with Gasteiger partial charge in [-0.1, -0.05) is 40.0 Å². The molecule has 4 atom stereocenters. The van der Waals surface area contributed by atoms with E-state index >= 15 is 0 Å². The molecule has 0 bridgehead atoms. The summed E-state index contributed by atoms with van der Waals surface area (Å²) >= 11 is 0. The molecule has 2 saturated carbocycles. The second-order valence-electron chi connectivity index (χ2n) is 12.2. The van der Waals surface area contributed by atoms with Gasteiger partial charge in [-0.3, -0.25) is 19.2 Å². The monoisotopic (exact) mass is 542 g/mol. The highest BCUT2D eigenvalue weighted by molar-refractivity contribution is 6.38. The lowest BCUT2D eigenvalue weighted by atomic mass is 9.75. The second kappa shape index (κ2) is 11.5. The van der Waals surface area contributed by atoms with Gasteiger partial charge in [-0.25, -0.2) is 13.6 Å². The minimum absolute atomic E-state index is 0.0150. The first-order valence-corrected chi connectivity index (χ1v) is 13.4. The third-order valence-corrected chi connectivity index (χ3v) is 7.76. The lowest BCUT2D eigenvalue weighted by molar-refractivity contribution is -0.144. The van der Waals surface area contributed by atoms with Gasteiger partial charge >= 0.3 is 6.09 Å². The first-order valence-electron chi connectivity index (χ1n) is 13.4. The summed E-state index contributed by atoms with van der Waals surface area (Å²) in [4.78, 5) is 65.2. The number of carbonyl (C=O) groups is 5. The molecule has 1 saturated heterocycles. The SMILES string of the molecule is CC(F)(F)CCC(NC(=O)[C@@H]1CC(C2CCC2)CN1C(=O)C(NC(=O)O)C(C)(C)C)C(=O)C(=O)NC1CC1. The van der Waals surface area contributed by atoms with Crippen LogP contribution in [0.1, 0.15) is 79.1 Å². The first-order chi connectivity index (χ1) is 17.6. The molecule has 1 heterocycles. The average Bonchev–Trinajstić information content (AvgIpc) is 3.46. The molecular formula is C26H40F2N4O6. The van der Waals surface area contributed by atoms with E-state index in [0.717, 1.165) is 32.1 Å². The summed E-state index contributed by atoms with van der Waals surface area (Å²) in [5.41, 5.74) is -0.794. The Morgan fingerprint density at radius 1 is 0.974 bits per heavy atom. The number of hydrogen-bond donors (Lipinski definition) is 4. The molecule has 4 amide bonds. The number of halogens is 2. The zero-order valence-electron chi connectivity index (χ0n) is 22.5. The summed E-state index contributed by atoms with van der Waals surface area (Å²) in [5, 5.41) is 16.6. The van der Waals surface area contributed by atoms with Crippen molar-refractivity contribution in [1.82, 2.24) is 20.9 Å². The van der Waals surface area contributed by atoms with Crippen LogP contribution >= 0.6 is 0 Å². The number of carbonyl (C=O) groups excluding carboxylic acids is 4. The molecule has 0 aromatic rings. The van der Waals surface area contributed by atoms with Gasteiger partial charge in [0.25, 0.3) is 5.91 Å². The highest BCUT2D eigenvalue weighted by Crippen LogP contribution is 2.41. The Kier molecular flexibility index (Phi) is 9.03. The fourth-order valence-electron chi connectivity index (χ4n) is 5.13. The number of nitrogens with one attached hydrogen (secondary N) is 3. The van der Waals surface area contributed by atoms with E-state index in [2.05, 4.69) is 16.0 Å². The molecule has 1 aliphatic heterocycles. The largest absolute Gasteiger partial charge is 0.465 e. The fraction of sp³-hybridized carbons (Fsp3) is 0.808. The van der Waals surface area contributed by atoms with Crippen molar-refractivity contribution in [2.45, 2.75) is 109 Å². The van der Waals surface area contributed by atoms with Gasteiger partial charge in [-0.15, -0.1) is 0 Å². The number of carboxylic acid groups (broad SMARTS) is 1. The Bertz CT molecular complexity index is 939. The molecule has 214 valence electrons. The molecule has 0 spiro atoms. The smallest absolute Gasteiger partial charge is 0.405 e. The first kappa shape index (κ1) is 29.8. The van der Waals surface area contributed by atoms with Crippen LogP contribution in [0, 0.1) is 17.3 Å². The van der Waals surface area contributed by atoms with Crippen molar-refractivity contribution in [2.75, 3.05) is 6.54 Å². The Balaban J connectivity index is 1.82. The Hall–Kier alpha value is -2.79. The molecule has 12 heteroatoms. The number of nitrogens with zero attached hydrogens (tertiary/aromatic N) is 1. The van der Waals surface area contributed by atoms with E-state index in [-0.39, 0.29) is 18.5 Å². The van der Waals surface area contributed by atoms with E-state index in [9.17, 15) is 37.9 Å². The second-order valence-corrected chi connectivity index (χ2v) is 12.2. The molecule has 4 N–H and O–H groups in total. The Morgan fingerprint density at radius 2 is 1.61 bits per heavy atom. The summed E-state index contributed by atoms with van der Waals surface area (Å²) in [6.07, 6.45) is 2.21. The van der Waals surface area contributed by atoms with Crippen LogP contribution in [0.25, 0.3) is 0 Å². The van der Waals surface area contributed by atoms with Gasteiger partial charge in [-0.05, 0) is 49.9 Å². The van der Waals surface area contributed by atoms with E-state index in [4.69, 9.17) is 0 Å². The predicted octanol–water partition coefficient (Wildman–Crippen LogP) is 2.45. The molecule has 3 rings (SSSR count). The van der Waals surface area contributed by atoms with Crippen molar-refractivity contribution in [1.29, 1.82) is 0 Å². The molecule has 3 unspecified atom stereocenters. The summed E-state index contributed by atoms with van der Waals surface area (Å²) in [6.45, 7) is 6.07. The maximum absolute atomic E-state index is 13.6. The van der Waals surface area contributed by atoms with Gasteiger partial charge in [-0.2, -0.15) is 0 Å². The maximum Gasteiger partial charge on any atom is 0.405 e. The van der Waals surface area contributed by atoms with Crippen LogP contribution in [0.5, 0.6) is 0 Å². The molecular weight excluding hydrogens is 502 g/mol.